The normalized spacial score (nSPS) is 26.8. The maximum absolute atomic E-state index is 14.7. The first-order valence-corrected chi connectivity index (χ1v) is 36.0. The summed E-state index contributed by atoms with van der Waals surface area (Å²) in [4.78, 5) is 127. The molecule has 0 radical (unpaired) electrons. The Balaban J connectivity index is 1.34. The SMILES string of the molecule is CCOC(=O)[C@H]1[C@@H](O[Si](C)(C)C(C)(C)C)[C@H](n2ccc(=O)[nH]c2=O)O[C@@H]1CNC(=O)C[C@H]1[C@@H](O[Si](C)(C)C(C)(C)C)[C@H](n2ccc(=O)[nH]c2=O)O[C@@H]1CNC(=O)C[C@H]1[C@@H](O[Si](C)(C)C(C)(C)C)[C@H](n2ccc(=O)[nH]c2=O)O[C@@H]1CN. The summed E-state index contributed by atoms with van der Waals surface area (Å²) in [5.41, 5.74) is 2.08. The van der Waals surface area contributed by atoms with Crippen molar-refractivity contribution in [2.75, 3.05) is 26.2 Å². The lowest BCUT2D eigenvalue weighted by molar-refractivity contribution is -0.152. The van der Waals surface area contributed by atoms with E-state index >= 15 is 0 Å². The number of carbonyl (C=O) groups is 3. The van der Waals surface area contributed by atoms with Crippen LogP contribution < -0.4 is 50.1 Å². The fourth-order valence-corrected chi connectivity index (χ4v) is 13.4. The van der Waals surface area contributed by atoms with Crippen molar-refractivity contribution in [3.8, 4) is 0 Å². The maximum Gasteiger partial charge on any atom is 0.330 e. The highest BCUT2D eigenvalue weighted by molar-refractivity contribution is 6.75. The van der Waals surface area contributed by atoms with Crippen molar-refractivity contribution in [2.45, 2.75) is 192 Å². The number of nitrogens with one attached hydrogen (secondary N) is 5. The van der Waals surface area contributed by atoms with E-state index in [1.165, 1.54) is 33.8 Å². The second-order valence-corrected chi connectivity index (χ2v) is 39.9. The zero-order valence-electron chi connectivity index (χ0n) is 49.1. The Bertz CT molecular complexity index is 3080. The van der Waals surface area contributed by atoms with Crippen molar-refractivity contribution < 1.29 is 46.6 Å². The third-order valence-corrected chi connectivity index (χ3v) is 30.5. The molecule has 6 rings (SSSR count). The van der Waals surface area contributed by atoms with Crippen LogP contribution in [-0.2, 0) is 46.6 Å². The monoisotopic (exact) mass is 1180 g/mol. The molecule has 28 heteroatoms. The summed E-state index contributed by atoms with van der Waals surface area (Å²) in [6.07, 6.45) is -6.07. The van der Waals surface area contributed by atoms with Crippen molar-refractivity contribution in [1.29, 1.82) is 0 Å². The lowest BCUT2D eigenvalue weighted by Crippen LogP contribution is -2.50. The van der Waals surface area contributed by atoms with Gasteiger partial charge in [-0.2, -0.15) is 0 Å². The van der Waals surface area contributed by atoms with E-state index in [1.54, 1.807) is 6.92 Å². The molecule has 0 bridgehead atoms. The summed E-state index contributed by atoms with van der Waals surface area (Å²) in [6.45, 7) is 31.4. The van der Waals surface area contributed by atoms with E-state index in [0.717, 1.165) is 16.7 Å². The number of nitrogens with zero attached hydrogens (tertiary/aromatic N) is 3. The number of aromatic nitrogens is 6. The lowest BCUT2D eigenvalue weighted by Gasteiger charge is -2.41. The van der Waals surface area contributed by atoms with Crippen LogP contribution in [0, 0.1) is 17.8 Å². The zero-order chi connectivity index (χ0) is 59.8. The molecule has 3 aliphatic heterocycles. The molecule has 12 atom stereocenters. The summed E-state index contributed by atoms with van der Waals surface area (Å²) in [5.74, 6) is -4.49. The second kappa shape index (κ2) is 24.3. The Kier molecular flexibility index (Phi) is 19.5. The number of hydrogen-bond acceptors (Lipinski definition) is 17. The number of carbonyl (C=O) groups excluding carboxylic acids is 3. The lowest BCUT2D eigenvalue weighted by atomic mass is 9.92. The Morgan fingerprint density at radius 2 is 0.875 bits per heavy atom. The van der Waals surface area contributed by atoms with Gasteiger partial charge in [0.25, 0.3) is 16.7 Å². The molecular weight excluding hydrogens is 1090 g/mol. The van der Waals surface area contributed by atoms with Crippen molar-refractivity contribution in [2.24, 2.45) is 23.5 Å². The maximum atomic E-state index is 14.7. The molecule has 0 spiro atoms. The van der Waals surface area contributed by atoms with Crippen LogP contribution in [-0.4, -0.2) is 134 Å². The van der Waals surface area contributed by atoms with Crippen molar-refractivity contribution >= 4 is 42.7 Å². The number of esters is 1. The van der Waals surface area contributed by atoms with Gasteiger partial charge in [-0.15, -0.1) is 0 Å². The standard InChI is InChI=1S/C52H85N9O16Si3/c1-17-71-46(67)39-33(74-45(61-23-20-36(64)58-49(61)70)42(39)77-80(15,16)52(8,9)10)28-55-38(66)25-30-32(73-44(60-22-19-35(63)57-48(60)69)41(30)76-79(13,14)51(5,6)7)27-54-37(65)24-29-31(26-53)72-43(59-21-18-34(62)56-47(59)68)40(29)75-78(11,12)50(2,3)4/h18-23,29-33,39-45H,17,24-28,53H2,1-16H3,(H,54,65)(H,55,66)(H,56,62,68)(H,57,63,69)(H,58,64,70)/t29-,30-,31-,32-,33-,39-,40-,41-,42-,43-,44-,45-/m1/s1. The van der Waals surface area contributed by atoms with Gasteiger partial charge in [0.15, 0.2) is 43.6 Å². The van der Waals surface area contributed by atoms with Crippen LogP contribution in [0.5, 0.6) is 0 Å². The predicted octanol–water partition coefficient (Wildman–Crippen LogP) is 2.88. The van der Waals surface area contributed by atoms with Gasteiger partial charge in [-0.3, -0.25) is 57.4 Å². The van der Waals surface area contributed by atoms with Crippen LogP contribution in [0.3, 0.4) is 0 Å². The van der Waals surface area contributed by atoms with Crippen molar-refractivity contribution in [1.82, 2.24) is 39.3 Å². The van der Waals surface area contributed by atoms with Crippen LogP contribution in [0.1, 0.15) is 101 Å². The van der Waals surface area contributed by atoms with Gasteiger partial charge in [-0.1, -0.05) is 62.3 Å². The smallest absolute Gasteiger partial charge is 0.330 e. The molecule has 3 aromatic heterocycles. The molecule has 0 aromatic carbocycles. The molecule has 0 saturated carbocycles. The summed E-state index contributed by atoms with van der Waals surface area (Å²) >= 11 is 0. The average Bonchev–Trinajstić information content (AvgIpc) is 3.96. The first kappa shape index (κ1) is 64.0. The van der Waals surface area contributed by atoms with E-state index in [2.05, 4.69) is 25.6 Å². The van der Waals surface area contributed by atoms with Crippen LogP contribution in [0.2, 0.25) is 54.4 Å². The van der Waals surface area contributed by atoms with Crippen LogP contribution in [0.15, 0.2) is 65.6 Å². The van der Waals surface area contributed by atoms with Gasteiger partial charge in [0.2, 0.25) is 11.8 Å². The van der Waals surface area contributed by atoms with E-state index < -0.39 is 155 Å². The molecule has 446 valence electrons. The van der Waals surface area contributed by atoms with Gasteiger partial charge in [0.1, 0.15) is 12.0 Å². The van der Waals surface area contributed by atoms with E-state index in [1.807, 2.05) is 102 Å². The molecule has 0 unspecified atom stereocenters. The highest BCUT2D eigenvalue weighted by Crippen LogP contribution is 2.47. The van der Waals surface area contributed by atoms with Gasteiger partial charge < -0.3 is 48.6 Å². The van der Waals surface area contributed by atoms with E-state index in [9.17, 15) is 43.2 Å². The molecular formula is C52H85N9O16Si3. The quantitative estimate of drug-likeness (QED) is 0.0700. The second-order valence-electron chi connectivity index (χ2n) is 25.6. The first-order chi connectivity index (χ1) is 36.9. The molecule has 3 aliphatic rings. The Morgan fingerprint density at radius 1 is 0.550 bits per heavy atom. The van der Waals surface area contributed by atoms with Gasteiger partial charge in [-0.05, 0) is 61.3 Å². The highest BCUT2D eigenvalue weighted by atomic mass is 28.4. The largest absolute Gasteiger partial charge is 0.466 e. The minimum atomic E-state index is -2.82. The van der Waals surface area contributed by atoms with Gasteiger partial charge >= 0.3 is 23.0 Å². The minimum absolute atomic E-state index is 0.00517. The number of nitrogens with two attached hydrogens (primary N) is 1. The molecule has 2 amide bonds. The summed E-state index contributed by atoms with van der Waals surface area (Å²) < 4.78 is 49.7. The number of H-pyrrole nitrogens is 3. The van der Waals surface area contributed by atoms with Crippen LogP contribution in [0.4, 0.5) is 0 Å². The minimum Gasteiger partial charge on any atom is -0.466 e. The average molecular weight is 1180 g/mol. The number of rotatable bonds is 20. The fourth-order valence-electron chi connectivity index (χ4n) is 9.45. The third kappa shape index (κ3) is 14.2. The Morgan fingerprint density at radius 3 is 1.23 bits per heavy atom. The van der Waals surface area contributed by atoms with Gasteiger partial charge in [-0.25, -0.2) is 14.4 Å². The zero-order valence-corrected chi connectivity index (χ0v) is 52.1. The Hall–Kier alpha value is -5.18. The molecule has 7 N–H and O–H groups in total. The summed E-state index contributed by atoms with van der Waals surface area (Å²) in [5, 5.41) is 4.86. The Labute approximate surface area is 467 Å². The fraction of sp³-hybridized carbons (Fsp3) is 0.712. The first-order valence-electron chi connectivity index (χ1n) is 27.3. The van der Waals surface area contributed by atoms with Crippen molar-refractivity contribution in [3.05, 3.63) is 99.3 Å². The molecule has 3 saturated heterocycles. The molecule has 25 nitrogen and oxygen atoms in total. The van der Waals surface area contributed by atoms with Gasteiger partial charge in [0, 0.05) is 81.1 Å². The predicted molar refractivity (Wildman–Crippen MR) is 303 cm³/mol. The van der Waals surface area contributed by atoms with Crippen LogP contribution >= 0.6 is 0 Å². The summed E-state index contributed by atoms with van der Waals surface area (Å²) in [7, 11) is -8.22. The number of ether oxygens (including phenoxy) is 4. The number of hydrogen-bond donors (Lipinski definition) is 6. The molecule has 3 aromatic rings. The molecule has 3 fully saturated rings. The van der Waals surface area contributed by atoms with E-state index in [0.29, 0.717) is 0 Å². The molecule has 6 heterocycles. The van der Waals surface area contributed by atoms with E-state index in [-0.39, 0.29) is 49.2 Å². The van der Waals surface area contributed by atoms with Crippen LogP contribution in [0.25, 0.3) is 0 Å². The topological polar surface area (TPSA) is 330 Å². The summed E-state index contributed by atoms with van der Waals surface area (Å²) in [6, 6.07) is 3.51. The molecule has 80 heavy (non-hydrogen) atoms. The van der Waals surface area contributed by atoms with E-state index in [4.69, 9.17) is 38.0 Å². The number of amides is 2. The molecule has 0 aliphatic carbocycles. The van der Waals surface area contributed by atoms with Gasteiger partial charge in [0.05, 0.1) is 37.1 Å². The third-order valence-electron chi connectivity index (χ3n) is 17.1. The number of aromatic amines is 3. The van der Waals surface area contributed by atoms with Crippen molar-refractivity contribution in [3.63, 3.8) is 0 Å². The highest BCUT2D eigenvalue weighted by Gasteiger charge is 2.56.